The van der Waals surface area contributed by atoms with Crippen LogP contribution in [0, 0.1) is 19.3 Å². The number of carboxylic acid groups (broad SMARTS) is 1. The topological polar surface area (TPSA) is 152 Å². The molecule has 3 aromatic rings. The van der Waals surface area contributed by atoms with E-state index >= 15 is 0 Å². The van der Waals surface area contributed by atoms with Gasteiger partial charge in [-0.3, -0.25) is 4.99 Å². The second-order valence-corrected chi connectivity index (χ2v) is 17.0. The van der Waals surface area contributed by atoms with Gasteiger partial charge < -0.3 is 19.9 Å². The molecule has 12 heteroatoms. The summed E-state index contributed by atoms with van der Waals surface area (Å²) < 4.78 is 42.4. The van der Waals surface area contributed by atoms with Crippen LogP contribution >= 0.6 is 0 Å². The number of hydrogen-bond acceptors (Lipinski definition) is 9. The molecule has 3 N–H and O–H groups in total. The number of aromatic nitrogens is 2. The monoisotopic (exact) mass is 755 g/mol. The van der Waals surface area contributed by atoms with Crippen molar-refractivity contribution in [1.82, 2.24) is 15.3 Å². The van der Waals surface area contributed by atoms with E-state index in [0.717, 1.165) is 66.1 Å². The second-order valence-electron chi connectivity index (χ2n) is 15.3. The fourth-order valence-electron chi connectivity index (χ4n) is 6.54. The van der Waals surface area contributed by atoms with Crippen LogP contribution in [0.4, 0.5) is 5.95 Å². The van der Waals surface area contributed by atoms with Gasteiger partial charge in [0, 0.05) is 23.9 Å². The Hall–Kier alpha value is -4.65. The van der Waals surface area contributed by atoms with Crippen molar-refractivity contribution in [3.05, 3.63) is 101 Å². The van der Waals surface area contributed by atoms with Crippen molar-refractivity contribution in [2.45, 2.75) is 110 Å². The van der Waals surface area contributed by atoms with Gasteiger partial charge >= 0.3 is 5.97 Å². The van der Waals surface area contributed by atoms with Crippen molar-refractivity contribution in [1.29, 1.82) is 0 Å². The number of allylic oxidation sites excluding steroid dienone is 5. The summed E-state index contributed by atoms with van der Waals surface area (Å²) in [5, 5.41) is 13.3. The second kappa shape index (κ2) is 17.7. The lowest BCUT2D eigenvalue weighted by Gasteiger charge is -2.30. The van der Waals surface area contributed by atoms with Crippen molar-refractivity contribution >= 4 is 28.2 Å². The average molecular weight is 756 g/mol. The van der Waals surface area contributed by atoms with Crippen molar-refractivity contribution in [2.24, 2.45) is 10.4 Å². The summed E-state index contributed by atoms with van der Waals surface area (Å²) in [6, 6.07) is 12.4. The minimum Gasteiger partial charge on any atom is -0.478 e. The fraction of sp³-hybridized carbons (Fsp3) is 0.429. The van der Waals surface area contributed by atoms with Gasteiger partial charge in [-0.15, -0.1) is 0 Å². The molecule has 5 rings (SSSR count). The van der Waals surface area contributed by atoms with Gasteiger partial charge in [-0.2, -0.15) is 4.98 Å². The van der Waals surface area contributed by atoms with Crippen LogP contribution < -0.4 is 14.8 Å². The largest absolute Gasteiger partial charge is 0.478 e. The van der Waals surface area contributed by atoms with E-state index in [4.69, 9.17) is 14.5 Å². The van der Waals surface area contributed by atoms with Gasteiger partial charge in [0.05, 0.1) is 40.1 Å². The van der Waals surface area contributed by atoms with E-state index in [1.165, 1.54) is 18.2 Å². The number of hydrogen-bond donors (Lipinski definition) is 3. The standard InChI is InChI=1S/C42H53N5O6S/c1-27(2)53-37-20-12-19-34(33-18-9-8-15-30(25-43-33)21-22-42(5,6)7)44-36(37)26-52-38-24-35(39-28(3)13-10-14-29(39)4)45-41(46-38)47-54(50,51)32-17-11-16-31(23-32)40(48)49/h10-11,13-18,21-25,27,34,36-37,44H,8-9,12,19-20,26H2,1-7H3,(H,48,49)(H,45,46,47)/b22-21?,30-15-,33-18-,43-25+/t34-,36-,37-/m0/s1. The van der Waals surface area contributed by atoms with Crippen LogP contribution in [0.3, 0.4) is 0 Å². The lowest BCUT2D eigenvalue weighted by Crippen LogP contribution is -2.49. The first kappa shape index (κ1) is 40.5. The Kier molecular flexibility index (Phi) is 13.3. The van der Waals surface area contributed by atoms with Crippen LogP contribution in [-0.4, -0.2) is 66.6 Å². The lowest BCUT2D eigenvalue weighted by molar-refractivity contribution is -0.0244. The van der Waals surface area contributed by atoms with E-state index in [1.807, 2.05) is 52.1 Å². The smallest absolute Gasteiger partial charge is 0.335 e. The van der Waals surface area contributed by atoms with Crippen LogP contribution in [0.5, 0.6) is 5.88 Å². The number of aliphatic imine (C=N–C) groups is 1. The molecule has 11 nitrogen and oxygen atoms in total. The highest BCUT2D eigenvalue weighted by Crippen LogP contribution is 2.30. The van der Waals surface area contributed by atoms with Gasteiger partial charge in [0.15, 0.2) is 0 Å². The van der Waals surface area contributed by atoms with Crippen molar-refractivity contribution in [3.63, 3.8) is 0 Å². The molecule has 288 valence electrons. The van der Waals surface area contributed by atoms with E-state index in [2.05, 4.69) is 65.1 Å². The predicted molar refractivity (Wildman–Crippen MR) is 214 cm³/mol. The summed E-state index contributed by atoms with van der Waals surface area (Å²) in [7, 11) is -4.26. The molecule has 0 radical (unpaired) electrons. The zero-order chi connectivity index (χ0) is 39.0. The summed E-state index contributed by atoms with van der Waals surface area (Å²) in [5.74, 6) is -1.27. The van der Waals surface area contributed by atoms with Gasteiger partial charge in [-0.05, 0) is 100 Å². The minimum atomic E-state index is -4.26. The maximum absolute atomic E-state index is 13.5. The maximum atomic E-state index is 13.5. The first-order chi connectivity index (χ1) is 25.6. The van der Waals surface area contributed by atoms with Gasteiger partial charge in [0.1, 0.15) is 6.61 Å². The van der Waals surface area contributed by atoms with Gasteiger partial charge in [-0.1, -0.05) is 69.3 Å². The predicted octanol–water partition coefficient (Wildman–Crippen LogP) is 8.22. The van der Waals surface area contributed by atoms with Crippen LogP contribution in [0.1, 0.15) is 88.2 Å². The summed E-state index contributed by atoms with van der Waals surface area (Å²) in [6.45, 7) is 14.7. The van der Waals surface area contributed by atoms with E-state index in [1.54, 1.807) is 6.07 Å². The molecule has 0 spiro atoms. The zero-order valence-electron chi connectivity index (χ0n) is 32.3. The number of benzene rings is 2. The molecule has 2 aromatic carbocycles. The van der Waals surface area contributed by atoms with Crippen molar-refractivity contribution in [3.8, 4) is 17.1 Å². The first-order valence-corrected chi connectivity index (χ1v) is 20.1. The quantitative estimate of drug-likeness (QED) is 0.166. The molecule has 0 amide bonds. The Morgan fingerprint density at radius 3 is 2.46 bits per heavy atom. The highest BCUT2D eigenvalue weighted by Gasteiger charge is 2.32. The van der Waals surface area contributed by atoms with Gasteiger partial charge in [-0.25, -0.2) is 22.9 Å². The summed E-state index contributed by atoms with van der Waals surface area (Å²) in [5.41, 5.74) is 5.19. The number of ether oxygens (including phenoxy) is 2. The summed E-state index contributed by atoms with van der Waals surface area (Å²) in [4.78, 5) is 25.4. The number of carboxylic acids is 1. The van der Waals surface area contributed by atoms with Crippen LogP contribution in [0.15, 0.2) is 94.0 Å². The average Bonchev–Trinajstić information content (AvgIpc) is 3.28. The number of aromatic carboxylic acids is 1. The molecule has 0 saturated carbocycles. The van der Waals surface area contributed by atoms with E-state index in [-0.39, 0.29) is 58.6 Å². The SMILES string of the molecule is Cc1cccc(C)c1-c1cc(OC[C@@H]2N[C@H](C3=C\CC\C=C(C=CC(C)(C)C)/C=N/3)CCC[C@@H]2OC(C)C)nc(NS(=O)(=O)c2cccc(C(=O)O)c2)n1. The zero-order valence-corrected chi connectivity index (χ0v) is 33.1. The normalized spacial score (nSPS) is 22.3. The third-order valence-corrected chi connectivity index (χ3v) is 10.5. The number of sulfonamides is 1. The molecule has 0 unspecified atom stereocenters. The molecular weight excluding hydrogens is 703 g/mol. The highest BCUT2D eigenvalue weighted by molar-refractivity contribution is 7.92. The van der Waals surface area contributed by atoms with E-state index in [0.29, 0.717) is 5.69 Å². The Morgan fingerprint density at radius 1 is 1.04 bits per heavy atom. The van der Waals surface area contributed by atoms with Crippen LogP contribution in [0.25, 0.3) is 11.3 Å². The number of aryl methyl sites for hydroxylation is 2. The molecule has 2 aliphatic heterocycles. The molecule has 1 saturated heterocycles. The number of carbonyl (C=O) groups is 1. The molecule has 3 heterocycles. The molecule has 54 heavy (non-hydrogen) atoms. The Bertz CT molecular complexity index is 2030. The third kappa shape index (κ3) is 11.2. The fourth-order valence-corrected chi connectivity index (χ4v) is 7.53. The maximum Gasteiger partial charge on any atom is 0.335 e. The van der Waals surface area contributed by atoms with Gasteiger partial charge in [0.2, 0.25) is 11.8 Å². The molecule has 0 aliphatic carbocycles. The number of anilines is 1. The highest BCUT2D eigenvalue weighted by atomic mass is 32.2. The molecule has 3 atom stereocenters. The van der Waals surface area contributed by atoms with Crippen molar-refractivity contribution in [2.75, 3.05) is 11.3 Å². The number of rotatable bonds is 12. The van der Waals surface area contributed by atoms with Crippen LogP contribution in [-0.2, 0) is 14.8 Å². The van der Waals surface area contributed by atoms with E-state index in [9.17, 15) is 18.3 Å². The van der Waals surface area contributed by atoms with Crippen molar-refractivity contribution < 1.29 is 27.8 Å². The number of nitrogens with zero attached hydrogens (tertiary/aromatic N) is 3. The Morgan fingerprint density at radius 2 is 1.76 bits per heavy atom. The molecule has 1 aromatic heterocycles. The third-order valence-electron chi connectivity index (χ3n) is 9.16. The minimum absolute atomic E-state index is 0.00731. The molecule has 1 fully saturated rings. The Labute approximate surface area is 319 Å². The summed E-state index contributed by atoms with van der Waals surface area (Å²) in [6.07, 6.45) is 15.0. The molecule has 0 bridgehead atoms. The number of nitrogens with one attached hydrogen (secondary N) is 2. The molecular formula is C42H53N5O6S. The van der Waals surface area contributed by atoms with Crippen LogP contribution in [0.2, 0.25) is 0 Å². The summed E-state index contributed by atoms with van der Waals surface area (Å²) >= 11 is 0. The van der Waals surface area contributed by atoms with E-state index < -0.39 is 16.0 Å². The van der Waals surface area contributed by atoms with Gasteiger partial charge in [0.25, 0.3) is 10.0 Å². The Balaban J connectivity index is 1.45. The first-order valence-electron chi connectivity index (χ1n) is 18.6. The lowest BCUT2D eigenvalue weighted by atomic mass is 9.95. The molecule has 2 aliphatic rings.